The van der Waals surface area contributed by atoms with Crippen molar-refractivity contribution in [3.63, 3.8) is 0 Å². The average molecular weight is 338 g/mol. The van der Waals surface area contributed by atoms with Crippen molar-refractivity contribution in [2.24, 2.45) is 0 Å². The van der Waals surface area contributed by atoms with E-state index in [1.165, 1.54) is 43.8 Å². The molecule has 1 aliphatic carbocycles. The number of pyridine rings is 2. The third-order valence-electron chi connectivity index (χ3n) is 5.93. The first-order chi connectivity index (χ1) is 12.5. The van der Waals surface area contributed by atoms with Gasteiger partial charge in [-0.05, 0) is 45.5 Å². The summed E-state index contributed by atoms with van der Waals surface area (Å²) in [5, 5.41) is 5.07. The van der Waals surface area contributed by atoms with Crippen molar-refractivity contribution in [1.29, 1.82) is 0 Å². The van der Waals surface area contributed by atoms with Crippen LogP contribution in [0.15, 0.2) is 55.0 Å². The molecule has 0 aliphatic heterocycles. The third-order valence-corrected chi connectivity index (χ3v) is 5.93. The molecule has 128 valence electrons. The monoisotopic (exact) mass is 338 g/mol. The molecule has 0 fully saturated rings. The van der Waals surface area contributed by atoms with Crippen LogP contribution < -0.4 is 0 Å². The Morgan fingerprint density at radius 2 is 1.77 bits per heavy atom. The van der Waals surface area contributed by atoms with E-state index in [4.69, 9.17) is 4.98 Å². The molecule has 1 aliphatic rings. The lowest BCUT2D eigenvalue weighted by Gasteiger charge is -2.36. The Hall–Kier alpha value is -2.74. The van der Waals surface area contributed by atoms with Crippen LogP contribution in [0.2, 0.25) is 0 Å². The van der Waals surface area contributed by atoms with E-state index in [9.17, 15) is 0 Å². The van der Waals surface area contributed by atoms with Gasteiger partial charge in [-0.3, -0.25) is 9.97 Å². The van der Waals surface area contributed by atoms with Gasteiger partial charge < -0.3 is 0 Å². The standard InChI is InChI=1S/C24H22N2/c1-14(2)17-11-15-7-10-26-23-19-6-5-16-13-25-9-8-18(16)22(19)24(3,4)20(12-17)21(15)23/h5-14H,1-4H3. The van der Waals surface area contributed by atoms with Crippen molar-refractivity contribution < 1.29 is 0 Å². The summed E-state index contributed by atoms with van der Waals surface area (Å²) in [6, 6.07) is 13.4. The summed E-state index contributed by atoms with van der Waals surface area (Å²) in [4.78, 5) is 9.12. The van der Waals surface area contributed by atoms with Crippen molar-refractivity contribution in [1.82, 2.24) is 9.97 Å². The third kappa shape index (κ3) is 1.93. The van der Waals surface area contributed by atoms with Crippen LogP contribution in [0, 0.1) is 0 Å². The molecule has 0 bridgehead atoms. The highest BCUT2D eigenvalue weighted by Crippen LogP contribution is 2.50. The Bertz CT molecular complexity index is 1190. The van der Waals surface area contributed by atoms with Crippen LogP contribution in [0.25, 0.3) is 32.8 Å². The second kappa shape index (κ2) is 5.14. The van der Waals surface area contributed by atoms with E-state index >= 15 is 0 Å². The maximum absolute atomic E-state index is 4.81. The molecule has 0 unspecified atom stereocenters. The van der Waals surface area contributed by atoms with E-state index < -0.39 is 0 Å². The van der Waals surface area contributed by atoms with E-state index in [-0.39, 0.29) is 5.41 Å². The summed E-state index contributed by atoms with van der Waals surface area (Å²) in [6.45, 7) is 9.22. The number of benzene rings is 2. The molecule has 0 atom stereocenters. The molecule has 2 aromatic heterocycles. The molecule has 0 saturated carbocycles. The molecule has 0 N–H and O–H groups in total. The number of hydrogen-bond donors (Lipinski definition) is 0. The second-order valence-corrected chi connectivity index (χ2v) is 8.19. The van der Waals surface area contributed by atoms with Gasteiger partial charge in [0.05, 0.1) is 5.69 Å². The van der Waals surface area contributed by atoms with Gasteiger partial charge in [0.1, 0.15) is 0 Å². The summed E-state index contributed by atoms with van der Waals surface area (Å²) in [5.41, 5.74) is 6.42. The summed E-state index contributed by atoms with van der Waals surface area (Å²) in [7, 11) is 0. The zero-order valence-electron chi connectivity index (χ0n) is 15.7. The van der Waals surface area contributed by atoms with E-state index in [2.05, 4.69) is 69.1 Å². The molecule has 4 aromatic rings. The van der Waals surface area contributed by atoms with Gasteiger partial charge in [0.25, 0.3) is 0 Å². The number of aromatic nitrogens is 2. The molecular formula is C24H22N2. The number of rotatable bonds is 1. The minimum absolute atomic E-state index is 0.0879. The first-order valence-corrected chi connectivity index (χ1v) is 9.29. The number of hydrogen-bond acceptors (Lipinski definition) is 2. The normalized spacial score (nSPS) is 14.8. The van der Waals surface area contributed by atoms with E-state index in [0.717, 1.165) is 5.69 Å². The Balaban J connectivity index is 2.00. The average Bonchev–Trinajstić information content (AvgIpc) is 2.64. The fourth-order valence-electron chi connectivity index (χ4n) is 4.54. The lowest BCUT2D eigenvalue weighted by atomic mass is 9.67. The lowest BCUT2D eigenvalue weighted by molar-refractivity contribution is 0.648. The Labute approximate surface area is 153 Å². The van der Waals surface area contributed by atoms with Crippen molar-refractivity contribution in [2.75, 3.05) is 0 Å². The Kier molecular flexibility index (Phi) is 3.06. The maximum Gasteiger partial charge on any atom is 0.0786 e. The van der Waals surface area contributed by atoms with Gasteiger partial charge in [-0.1, -0.05) is 52.0 Å². The summed E-state index contributed by atoms with van der Waals surface area (Å²) < 4.78 is 0. The molecule has 0 amide bonds. The molecule has 26 heavy (non-hydrogen) atoms. The second-order valence-electron chi connectivity index (χ2n) is 8.19. The highest BCUT2D eigenvalue weighted by molar-refractivity contribution is 6.05. The van der Waals surface area contributed by atoms with E-state index in [1.807, 2.05) is 18.6 Å². The molecule has 2 nitrogen and oxygen atoms in total. The molecule has 0 saturated heterocycles. The van der Waals surface area contributed by atoms with Crippen molar-refractivity contribution in [2.45, 2.75) is 39.0 Å². The van der Waals surface area contributed by atoms with E-state index in [1.54, 1.807) is 0 Å². The number of nitrogens with zero attached hydrogens (tertiary/aromatic N) is 2. The summed E-state index contributed by atoms with van der Waals surface area (Å²) >= 11 is 0. The smallest absolute Gasteiger partial charge is 0.0786 e. The molecule has 2 aromatic carbocycles. The van der Waals surface area contributed by atoms with Gasteiger partial charge in [0.2, 0.25) is 0 Å². The number of fused-ring (bicyclic) bond motifs is 4. The van der Waals surface area contributed by atoms with Crippen LogP contribution >= 0.6 is 0 Å². The summed E-state index contributed by atoms with van der Waals surface area (Å²) in [6.07, 6.45) is 5.80. The maximum atomic E-state index is 4.81. The molecule has 0 spiro atoms. The van der Waals surface area contributed by atoms with Crippen LogP contribution in [0.5, 0.6) is 0 Å². The SMILES string of the molecule is CC(C)c1cc2c3c(nccc3c1)-c1ccc3cnccc3c1C2(C)C. The Morgan fingerprint density at radius 3 is 2.58 bits per heavy atom. The lowest BCUT2D eigenvalue weighted by Crippen LogP contribution is -2.25. The molecule has 2 heterocycles. The summed E-state index contributed by atoms with van der Waals surface area (Å²) in [5.74, 6) is 0.501. The quantitative estimate of drug-likeness (QED) is 0.412. The predicted molar refractivity (Wildman–Crippen MR) is 109 cm³/mol. The van der Waals surface area contributed by atoms with Crippen molar-refractivity contribution >= 4 is 21.5 Å². The Morgan fingerprint density at radius 1 is 0.923 bits per heavy atom. The fourth-order valence-corrected chi connectivity index (χ4v) is 4.54. The topological polar surface area (TPSA) is 25.8 Å². The minimum atomic E-state index is -0.0879. The fraction of sp³-hybridized carbons (Fsp3) is 0.250. The zero-order valence-corrected chi connectivity index (χ0v) is 15.7. The van der Waals surface area contributed by atoms with Crippen molar-refractivity contribution in [3.8, 4) is 11.3 Å². The minimum Gasteiger partial charge on any atom is -0.264 e. The largest absolute Gasteiger partial charge is 0.264 e. The van der Waals surface area contributed by atoms with Crippen molar-refractivity contribution in [3.05, 3.63) is 71.7 Å². The molecule has 5 rings (SSSR count). The molecule has 2 heteroatoms. The van der Waals surface area contributed by atoms with Crippen LogP contribution in [0.3, 0.4) is 0 Å². The van der Waals surface area contributed by atoms with E-state index in [0.29, 0.717) is 5.92 Å². The van der Waals surface area contributed by atoms with Gasteiger partial charge >= 0.3 is 0 Å². The molecule has 0 radical (unpaired) electrons. The highest BCUT2D eigenvalue weighted by atomic mass is 14.7. The van der Waals surface area contributed by atoms with Gasteiger partial charge in [-0.25, -0.2) is 0 Å². The zero-order chi connectivity index (χ0) is 18.1. The predicted octanol–water partition coefficient (Wildman–Crippen LogP) is 6.21. The van der Waals surface area contributed by atoms with Crippen LogP contribution in [0.1, 0.15) is 50.3 Å². The van der Waals surface area contributed by atoms with Crippen LogP contribution in [-0.2, 0) is 5.41 Å². The van der Waals surface area contributed by atoms with Gasteiger partial charge in [-0.2, -0.15) is 0 Å². The van der Waals surface area contributed by atoms with Crippen LogP contribution in [-0.4, -0.2) is 9.97 Å². The van der Waals surface area contributed by atoms with Gasteiger partial charge in [0.15, 0.2) is 0 Å². The highest BCUT2D eigenvalue weighted by Gasteiger charge is 2.35. The van der Waals surface area contributed by atoms with Gasteiger partial charge in [-0.15, -0.1) is 0 Å². The first kappa shape index (κ1) is 15.5. The molecular weight excluding hydrogens is 316 g/mol. The van der Waals surface area contributed by atoms with Gasteiger partial charge in [0, 0.05) is 40.3 Å². The first-order valence-electron chi connectivity index (χ1n) is 9.29. The van der Waals surface area contributed by atoms with Crippen LogP contribution in [0.4, 0.5) is 0 Å².